The second-order valence-electron chi connectivity index (χ2n) is 5.14. The van der Waals surface area contributed by atoms with Gasteiger partial charge in [-0.1, -0.05) is 23.7 Å². The lowest BCUT2D eigenvalue weighted by molar-refractivity contribution is -0.726. The minimum Gasteiger partial charge on any atom is -0.458 e. The van der Waals surface area contributed by atoms with Crippen molar-refractivity contribution in [3.8, 4) is 0 Å². The van der Waals surface area contributed by atoms with Gasteiger partial charge in [0.05, 0.1) is 13.0 Å². The first-order valence-electron chi connectivity index (χ1n) is 7.14. The van der Waals surface area contributed by atoms with Crippen LogP contribution in [0.2, 0.25) is 5.02 Å². The molecule has 0 unspecified atom stereocenters. The van der Waals surface area contributed by atoms with Crippen molar-refractivity contribution < 1.29 is 29.2 Å². The van der Waals surface area contributed by atoms with Crippen LogP contribution in [0.5, 0.6) is 0 Å². The van der Waals surface area contributed by atoms with Crippen molar-refractivity contribution >= 4 is 34.8 Å². The standard InChI is InChI=1S/C16H18ClNO6/c1-4-24-15(21)14(18(22)23)9-16(10(2)19,11(3)20)12-6-5-7-13(17)8-12/h5-8H,4,9H2,1-3H3,(H,22,23). The SMILES string of the molecule is CCOC(=O)/C(CC(C(C)=O)(C(C)=O)c1cccc(Cl)c1)=[N+](\[O-])O. The summed E-state index contributed by atoms with van der Waals surface area (Å²) in [6.45, 7) is 3.80. The van der Waals surface area contributed by atoms with Crippen molar-refractivity contribution in [2.24, 2.45) is 0 Å². The summed E-state index contributed by atoms with van der Waals surface area (Å²) >= 11 is 5.93. The molecule has 1 aromatic carbocycles. The van der Waals surface area contributed by atoms with E-state index in [2.05, 4.69) is 0 Å². The zero-order valence-electron chi connectivity index (χ0n) is 13.5. The van der Waals surface area contributed by atoms with E-state index in [9.17, 15) is 24.8 Å². The molecule has 7 nitrogen and oxygen atoms in total. The lowest BCUT2D eigenvalue weighted by Crippen LogP contribution is -2.46. The fraction of sp³-hybridized carbons (Fsp3) is 0.375. The number of benzene rings is 1. The summed E-state index contributed by atoms with van der Waals surface area (Å²) in [4.78, 5) is 35.9. The van der Waals surface area contributed by atoms with Crippen LogP contribution in [0, 0.1) is 5.21 Å². The van der Waals surface area contributed by atoms with Crippen LogP contribution in [0.3, 0.4) is 0 Å². The predicted molar refractivity (Wildman–Crippen MR) is 86.2 cm³/mol. The van der Waals surface area contributed by atoms with Gasteiger partial charge in [0.15, 0.2) is 0 Å². The molecule has 0 heterocycles. The summed E-state index contributed by atoms with van der Waals surface area (Å²) in [5.41, 5.74) is -2.36. The number of ketones is 2. The highest BCUT2D eigenvalue weighted by Gasteiger charge is 2.48. The minimum atomic E-state index is -1.83. The average Bonchev–Trinajstić information content (AvgIpc) is 2.47. The Balaban J connectivity index is 3.55. The van der Waals surface area contributed by atoms with E-state index >= 15 is 0 Å². The third kappa shape index (κ3) is 3.91. The Bertz CT molecular complexity index is 680. The molecule has 0 fully saturated rings. The molecule has 0 amide bonds. The fourth-order valence-electron chi connectivity index (χ4n) is 2.44. The molecule has 1 rings (SSSR count). The molecule has 0 spiro atoms. The highest BCUT2D eigenvalue weighted by atomic mass is 35.5. The highest BCUT2D eigenvalue weighted by molar-refractivity contribution is 6.36. The number of esters is 1. The molecule has 0 saturated carbocycles. The van der Waals surface area contributed by atoms with Gasteiger partial charge in [0, 0.05) is 9.92 Å². The Kier molecular flexibility index (Phi) is 6.48. The van der Waals surface area contributed by atoms with Crippen molar-refractivity contribution in [3.63, 3.8) is 0 Å². The van der Waals surface area contributed by atoms with Crippen LogP contribution in [-0.2, 0) is 24.5 Å². The molecule has 8 heteroatoms. The topological polar surface area (TPSA) is 107 Å². The number of nitrogens with zero attached hydrogens (tertiary/aromatic N) is 1. The maximum atomic E-state index is 12.3. The first kappa shape index (κ1) is 19.6. The summed E-state index contributed by atoms with van der Waals surface area (Å²) in [5.74, 6) is -2.30. The smallest absolute Gasteiger partial charge is 0.405 e. The Hall–Kier alpha value is -2.41. The van der Waals surface area contributed by atoms with Gasteiger partial charge in [-0.25, -0.2) is 4.79 Å². The number of ether oxygens (including phenoxy) is 1. The molecule has 1 N–H and O–H groups in total. The maximum absolute atomic E-state index is 12.3. The molecule has 0 aromatic heterocycles. The lowest BCUT2D eigenvalue weighted by Gasteiger charge is -2.28. The Morgan fingerprint density at radius 1 is 1.29 bits per heavy atom. The summed E-state index contributed by atoms with van der Waals surface area (Å²) in [6.07, 6.45) is -0.642. The van der Waals surface area contributed by atoms with Gasteiger partial charge >= 0.3 is 11.7 Å². The van der Waals surface area contributed by atoms with E-state index in [1.165, 1.54) is 25.1 Å². The molecule has 0 aliphatic rings. The zero-order chi connectivity index (χ0) is 18.5. The van der Waals surface area contributed by atoms with E-state index < -0.39 is 40.0 Å². The molecule has 0 bridgehead atoms. The van der Waals surface area contributed by atoms with Crippen molar-refractivity contribution in [2.75, 3.05) is 6.61 Å². The summed E-state index contributed by atoms with van der Waals surface area (Å²) in [7, 11) is 0. The minimum absolute atomic E-state index is 0.0412. The third-order valence-corrected chi connectivity index (χ3v) is 3.93. The number of carbonyl (C=O) groups excluding carboxylic acids is 3. The van der Waals surface area contributed by atoms with Crippen LogP contribution in [-0.4, -0.2) is 40.0 Å². The number of Topliss-reactive ketones (excluding diaryl/α,β-unsaturated/α-hetero) is 2. The van der Waals surface area contributed by atoms with Crippen LogP contribution in [0.4, 0.5) is 0 Å². The molecule has 0 aliphatic heterocycles. The van der Waals surface area contributed by atoms with Crippen LogP contribution in [0.1, 0.15) is 32.8 Å². The summed E-state index contributed by atoms with van der Waals surface area (Å²) < 4.78 is 4.70. The molecule has 1 aromatic rings. The fourth-order valence-corrected chi connectivity index (χ4v) is 2.63. The van der Waals surface area contributed by atoms with Gasteiger partial charge in [-0.2, -0.15) is 0 Å². The average molecular weight is 356 g/mol. The van der Waals surface area contributed by atoms with Gasteiger partial charge in [0.2, 0.25) is 0 Å². The van der Waals surface area contributed by atoms with E-state index in [4.69, 9.17) is 16.3 Å². The van der Waals surface area contributed by atoms with Crippen molar-refractivity contribution in [2.45, 2.75) is 32.6 Å². The molecule has 24 heavy (non-hydrogen) atoms. The van der Waals surface area contributed by atoms with Gasteiger partial charge in [0.25, 0.3) is 0 Å². The van der Waals surface area contributed by atoms with Gasteiger partial charge in [0.1, 0.15) is 17.0 Å². The van der Waals surface area contributed by atoms with Crippen molar-refractivity contribution in [1.82, 2.24) is 0 Å². The number of carbonyl (C=O) groups is 3. The van der Waals surface area contributed by atoms with Gasteiger partial charge in [-0.05, 0) is 38.5 Å². The van der Waals surface area contributed by atoms with Gasteiger partial charge < -0.3 is 9.94 Å². The van der Waals surface area contributed by atoms with Crippen LogP contribution in [0.15, 0.2) is 24.3 Å². The summed E-state index contributed by atoms with van der Waals surface area (Å²) in [5, 5.41) is 20.9. The molecule has 0 aliphatic carbocycles. The number of rotatable bonds is 7. The molecular formula is C16H18ClNO6. The maximum Gasteiger partial charge on any atom is 0.405 e. The van der Waals surface area contributed by atoms with E-state index in [1.807, 2.05) is 0 Å². The number of hydrogen-bond donors (Lipinski definition) is 1. The van der Waals surface area contributed by atoms with Gasteiger partial charge in [-0.15, -0.1) is 0 Å². The molecule has 0 radical (unpaired) electrons. The van der Waals surface area contributed by atoms with E-state index in [-0.39, 0.29) is 17.2 Å². The first-order valence-corrected chi connectivity index (χ1v) is 7.51. The van der Waals surface area contributed by atoms with E-state index in [0.29, 0.717) is 0 Å². The van der Waals surface area contributed by atoms with E-state index in [1.54, 1.807) is 6.07 Å². The molecule has 0 atom stereocenters. The lowest BCUT2D eigenvalue weighted by atomic mass is 9.70. The zero-order valence-corrected chi connectivity index (χ0v) is 14.3. The Labute approximate surface area is 144 Å². The number of hydrogen-bond acceptors (Lipinski definition) is 6. The Morgan fingerprint density at radius 3 is 2.29 bits per heavy atom. The summed E-state index contributed by atoms with van der Waals surface area (Å²) in [6, 6.07) is 5.98. The monoisotopic (exact) mass is 355 g/mol. The third-order valence-electron chi connectivity index (χ3n) is 3.69. The molecule has 130 valence electrons. The van der Waals surface area contributed by atoms with Crippen molar-refractivity contribution in [3.05, 3.63) is 40.1 Å². The Morgan fingerprint density at radius 2 is 1.88 bits per heavy atom. The largest absolute Gasteiger partial charge is 0.458 e. The normalized spacial score (nSPS) is 12.3. The molecular weight excluding hydrogens is 338 g/mol. The van der Waals surface area contributed by atoms with Gasteiger partial charge in [-0.3, -0.25) is 14.8 Å². The van der Waals surface area contributed by atoms with E-state index in [0.717, 1.165) is 13.8 Å². The predicted octanol–water partition coefficient (Wildman–Crippen LogP) is 2.05. The van der Waals surface area contributed by atoms with Crippen LogP contribution < -0.4 is 0 Å². The van der Waals surface area contributed by atoms with Crippen molar-refractivity contribution in [1.29, 1.82) is 0 Å². The molecule has 0 saturated heterocycles. The second-order valence-corrected chi connectivity index (χ2v) is 5.58. The highest BCUT2D eigenvalue weighted by Crippen LogP contribution is 2.33. The second kappa shape index (κ2) is 7.92. The quantitative estimate of drug-likeness (QED) is 0.200. The van der Waals surface area contributed by atoms with Crippen LogP contribution >= 0.6 is 11.6 Å². The number of halogens is 1. The first-order chi connectivity index (χ1) is 11.2. The van der Waals surface area contributed by atoms with Crippen LogP contribution in [0.25, 0.3) is 0 Å².